The highest BCUT2D eigenvalue weighted by atomic mass is 16.5. The van der Waals surface area contributed by atoms with Crippen molar-refractivity contribution in [3.8, 4) is 5.75 Å². The van der Waals surface area contributed by atoms with E-state index in [1.165, 1.54) is 0 Å². The van der Waals surface area contributed by atoms with Gasteiger partial charge in [0, 0.05) is 0 Å². The Kier molecular flexibility index (Phi) is 4.56. The summed E-state index contributed by atoms with van der Waals surface area (Å²) in [7, 11) is 0. The van der Waals surface area contributed by atoms with Gasteiger partial charge in [-0.3, -0.25) is 0 Å². The van der Waals surface area contributed by atoms with E-state index < -0.39 is 6.10 Å². The molecule has 88 valence electrons. The summed E-state index contributed by atoms with van der Waals surface area (Å²) in [6, 6.07) is 7.87. The number of ether oxygens (including phenoxy) is 1. The first kappa shape index (κ1) is 12.8. The Morgan fingerprint density at radius 1 is 1.31 bits per heavy atom. The maximum absolute atomic E-state index is 9.40. The van der Waals surface area contributed by atoms with E-state index in [0.717, 1.165) is 16.9 Å². The lowest BCUT2D eigenvalue weighted by atomic mass is 10.1. The van der Waals surface area contributed by atoms with Crippen LogP contribution in [0.25, 0.3) is 6.08 Å². The standard InChI is InChI=1S/C14H20O2/c1-10(2)16-14-7-5-6-13(9-14)8-11(3)12(4)15/h5-10,12,15H,1-4H3/b11-8-. The van der Waals surface area contributed by atoms with Crippen LogP contribution in [0.1, 0.15) is 33.3 Å². The van der Waals surface area contributed by atoms with Crippen LogP contribution >= 0.6 is 0 Å². The van der Waals surface area contributed by atoms with Crippen molar-refractivity contribution in [1.82, 2.24) is 0 Å². The van der Waals surface area contributed by atoms with E-state index >= 15 is 0 Å². The Bertz CT molecular complexity index is 365. The molecule has 0 heterocycles. The van der Waals surface area contributed by atoms with Gasteiger partial charge >= 0.3 is 0 Å². The molecule has 0 fully saturated rings. The maximum atomic E-state index is 9.40. The second-order valence-corrected chi connectivity index (χ2v) is 4.30. The van der Waals surface area contributed by atoms with Crippen LogP contribution in [0.4, 0.5) is 0 Å². The summed E-state index contributed by atoms with van der Waals surface area (Å²) in [5.41, 5.74) is 2.00. The molecule has 0 bridgehead atoms. The highest BCUT2D eigenvalue weighted by Gasteiger charge is 2.00. The average Bonchev–Trinajstić information content (AvgIpc) is 2.16. The molecule has 0 aliphatic rings. The molecule has 0 radical (unpaired) electrons. The van der Waals surface area contributed by atoms with Crippen molar-refractivity contribution in [1.29, 1.82) is 0 Å². The van der Waals surface area contributed by atoms with Crippen molar-refractivity contribution in [2.75, 3.05) is 0 Å². The molecule has 0 aliphatic heterocycles. The lowest BCUT2D eigenvalue weighted by Gasteiger charge is -2.10. The summed E-state index contributed by atoms with van der Waals surface area (Å²) in [6.45, 7) is 7.69. The molecule has 0 amide bonds. The van der Waals surface area contributed by atoms with Gasteiger partial charge in [0.1, 0.15) is 5.75 Å². The second kappa shape index (κ2) is 5.71. The molecule has 2 heteroatoms. The topological polar surface area (TPSA) is 29.5 Å². The smallest absolute Gasteiger partial charge is 0.120 e. The number of hydrogen-bond donors (Lipinski definition) is 1. The average molecular weight is 220 g/mol. The summed E-state index contributed by atoms with van der Waals surface area (Å²) in [6.07, 6.45) is 1.74. The molecule has 1 aromatic carbocycles. The SMILES string of the molecule is C/C(=C/c1cccc(OC(C)C)c1)C(C)O. The Labute approximate surface area is 97.6 Å². The van der Waals surface area contributed by atoms with Gasteiger partial charge in [-0.1, -0.05) is 18.2 Å². The fourth-order valence-electron chi connectivity index (χ4n) is 1.33. The quantitative estimate of drug-likeness (QED) is 0.844. The lowest BCUT2D eigenvalue weighted by molar-refractivity contribution is 0.232. The van der Waals surface area contributed by atoms with E-state index in [9.17, 15) is 5.11 Å². The summed E-state index contributed by atoms with van der Waals surface area (Å²) in [5, 5.41) is 9.40. The molecular formula is C14H20O2. The second-order valence-electron chi connectivity index (χ2n) is 4.30. The molecule has 0 saturated carbocycles. The molecule has 0 saturated heterocycles. The number of aliphatic hydroxyl groups is 1. The van der Waals surface area contributed by atoms with Crippen molar-refractivity contribution in [2.45, 2.75) is 39.9 Å². The van der Waals surface area contributed by atoms with Crippen LogP contribution in [0, 0.1) is 0 Å². The Hall–Kier alpha value is -1.28. The van der Waals surface area contributed by atoms with Gasteiger partial charge in [0.15, 0.2) is 0 Å². The van der Waals surface area contributed by atoms with Crippen LogP contribution < -0.4 is 4.74 Å². The highest BCUT2D eigenvalue weighted by Crippen LogP contribution is 2.17. The van der Waals surface area contributed by atoms with Gasteiger partial charge < -0.3 is 9.84 Å². The van der Waals surface area contributed by atoms with Crippen LogP contribution in [0.2, 0.25) is 0 Å². The van der Waals surface area contributed by atoms with Crippen LogP contribution in [-0.2, 0) is 0 Å². The normalized spacial score (nSPS) is 14.0. The minimum atomic E-state index is -0.408. The fraction of sp³-hybridized carbons (Fsp3) is 0.429. The monoisotopic (exact) mass is 220 g/mol. The molecule has 1 N–H and O–H groups in total. The van der Waals surface area contributed by atoms with Crippen molar-refractivity contribution < 1.29 is 9.84 Å². The van der Waals surface area contributed by atoms with E-state index in [4.69, 9.17) is 4.74 Å². The van der Waals surface area contributed by atoms with Gasteiger partial charge in [0.25, 0.3) is 0 Å². The molecule has 16 heavy (non-hydrogen) atoms. The summed E-state index contributed by atoms with van der Waals surface area (Å²) in [4.78, 5) is 0. The first-order valence-electron chi connectivity index (χ1n) is 5.62. The van der Waals surface area contributed by atoms with E-state index in [-0.39, 0.29) is 6.10 Å². The van der Waals surface area contributed by atoms with Crippen molar-refractivity contribution in [2.24, 2.45) is 0 Å². The molecule has 1 aromatic rings. The zero-order chi connectivity index (χ0) is 12.1. The summed E-state index contributed by atoms with van der Waals surface area (Å²) >= 11 is 0. The number of benzene rings is 1. The Morgan fingerprint density at radius 2 is 2.00 bits per heavy atom. The van der Waals surface area contributed by atoms with Crippen LogP contribution in [-0.4, -0.2) is 17.3 Å². The maximum Gasteiger partial charge on any atom is 0.120 e. The molecule has 0 spiro atoms. The Morgan fingerprint density at radius 3 is 2.56 bits per heavy atom. The Balaban J connectivity index is 2.86. The molecule has 2 nitrogen and oxygen atoms in total. The summed E-state index contributed by atoms with van der Waals surface area (Å²) < 4.78 is 5.61. The zero-order valence-electron chi connectivity index (χ0n) is 10.4. The van der Waals surface area contributed by atoms with E-state index in [1.807, 2.05) is 51.1 Å². The molecule has 1 atom stereocenters. The predicted octanol–water partition coefficient (Wildman–Crippen LogP) is 3.26. The van der Waals surface area contributed by atoms with E-state index in [2.05, 4.69) is 0 Å². The third-order valence-corrected chi connectivity index (χ3v) is 2.28. The van der Waals surface area contributed by atoms with Gasteiger partial charge in [0.2, 0.25) is 0 Å². The zero-order valence-corrected chi connectivity index (χ0v) is 10.4. The van der Waals surface area contributed by atoms with Gasteiger partial charge in [-0.25, -0.2) is 0 Å². The third-order valence-electron chi connectivity index (χ3n) is 2.28. The highest BCUT2D eigenvalue weighted by molar-refractivity contribution is 5.55. The van der Waals surface area contributed by atoms with Gasteiger partial charge in [-0.15, -0.1) is 0 Å². The van der Waals surface area contributed by atoms with Crippen LogP contribution in [0.15, 0.2) is 29.8 Å². The number of hydrogen-bond acceptors (Lipinski definition) is 2. The van der Waals surface area contributed by atoms with Gasteiger partial charge in [0.05, 0.1) is 12.2 Å². The molecular weight excluding hydrogens is 200 g/mol. The molecule has 0 aliphatic carbocycles. The predicted molar refractivity (Wildman–Crippen MR) is 67.5 cm³/mol. The largest absolute Gasteiger partial charge is 0.491 e. The summed E-state index contributed by atoms with van der Waals surface area (Å²) in [5.74, 6) is 0.863. The van der Waals surface area contributed by atoms with Crippen molar-refractivity contribution in [3.05, 3.63) is 35.4 Å². The molecule has 0 aromatic heterocycles. The van der Waals surface area contributed by atoms with Gasteiger partial charge in [-0.05, 0) is 51.0 Å². The fourth-order valence-corrected chi connectivity index (χ4v) is 1.33. The first-order chi connectivity index (χ1) is 7.49. The number of aliphatic hydroxyl groups excluding tert-OH is 1. The molecule has 1 rings (SSSR count). The van der Waals surface area contributed by atoms with Crippen LogP contribution in [0.5, 0.6) is 5.75 Å². The van der Waals surface area contributed by atoms with Crippen molar-refractivity contribution >= 4 is 6.08 Å². The minimum Gasteiger partial charge on any atom is -0.491 e. The minimum absolute atomic E-state index is 0.178. The van der Waals surface area contributed by atoms with E-state index in [0.29, 0.717) is 0 Å². The van der Waals surface area contributed by atoms with Crippen LogP contribution in [0.3, 0.4) is 0 Å². The van der Waals surface area contributed by atoms with E-state index in [1.54, 1.807) is 6.92 Å². The number of rotatable bonds is 4. The third kappa shape index (κ3) is 4.07. The van der Waals surface area contributed by atoms with Crippen molar-refractivity contribution in [3.63, 3.8) is 0 Å². The molecule has 1 unspecified atom stereocenters. The first-order valence-corrected chi connectivity index (χ1v) is 5.62. The van der Waals surface area contributed by atoms with Gasteiger partial charge in [-0.2, -0.15) is 0 Å². The lowest BCUT2D eigenvalue weighted by Crippen LogP contribution is -2.05.